The number of nitrogens with zero attached hydrogens (tertiary/aromatic N) is 1. The number of benzene rings is 1. The van der Waals surface area contributed by atoms with Crippen molar-refractivity contribution >= 4 is 5.91 Å². The third-order valence-electron chi connectivity index (χ3n) is 2.44. The van der Waals surface area contributed by atoms with Crippen molar-refractivity contribution in [3.63, 3.8) is 0 Å². The Morgan fingerprint density at radius 3 is 2.35 bits per heavy atom. The number of hydrogen-bond acceptors (Lipinski definition) is 2. The number of rotatable bonds is 4. The van der Waals surface area contributed by atoms with Crippen LogP contribution in [0, 0.1) is 17.6 Å². The van der Waals surface area contributed by atoms with Crippen molar-refractivity contribution in [1.29, 1.82) is 0 Å². The standard InChI is InChI=1S/C12H16F2N2O/c1-8(6-15)7-16(2)12(17)9-3-10(13)5-11(14)4-9/h3-5,8H,6-7,15H2,1-2H3. The van der Waals surface area contributed by atoms with E-state index in [0.29, 0.717) is 13.1 Å². The zero-order chi connectivity index (χ0) is 13.0. The van der Waals surface area contributed by atoms with Crippen LogP contribution in [0.1, 0.15) is 17.3 Å². The van der Waals surface area contributed by atoms with Gasteiger partial charge in [0.15, 0.2) is 0 Å². The van der Waals surface area contributed by atoms with Crippen LogP contribution in [0.5, 0.6) is 0 Å². The average Bonchev–Trinajstić information content (AvgIpc) is 2.26. The van der Waals surface area contributed by atoms with Crippen molar-refractivity contribution < 1.29 is 13.6 Å². The van der Waals surface area contributed by atoms with Crippen molar-refractivity contribution in [3.05, 3.63) is 35.4 Å². The Morgan fingerprint density at radius 1 is 1.35 bits per heavy atom. The quantitative estimate of drug-likeness (QED) is 0.872. The fraction of sp³-hybridized carbons (Fsp3) is 0.417. The molecule has 0 aliphatic heterocycles. The van der Waals surface area contributed by atoms with E-state index in [4.69, 9.17) is 5.73 Å². The molecule has 2 N–H and O–H groups in total. The van der Waals surface area contributed by atoms with Crippen molar-refractivity contribution in [1.82, 2.24) is 4.90 Å². The molecule has 0 saturated carbocycles. The third-order valence-corrected chi connectivity index (χ3v) is 2.44. The smallest absolute Gasteiger partial charge is 0.253 e. The summed E-state index contributed by atoms with van der Waals surface area (Å²) in [7, 11) is 1.58. The Kier molecular flexibility index (Phi) is 4.57. The van der Waals surface area contributed by atoms with Crippen molar-refractivity contribution in [2.75, 3.05) is 20.1 Å². The molecule has 0 heterocycles. The largest absolute Gasteiger partial charge is 0.341 e. The fourth-order valence-electron chi connectivity index (χ4n) is 1.52. The Bertz CT molecular complexity index is 389. The zero-order valence-corrected chi connectivity index (χ0v) is 9.91. The normalized spacial score (nSPS) is 12.3. The van der Waals surface area contributed by atoms with Crippen LogP contribution >= 0.6 is 0 Å². The highest BCUT2D eigenvalue weighted by atomic mass is 19.1. The molecule has 0 aliphatic rings. The second-order valence-electron chi connectivity index (χ2n) is 4.18. The molecule has 17 heavy (non-hydrogen) atoms. The Morgan fingerprint density at radius 2 is 1.88 bits per heavy atom. The summed E-state index contributed by atoms with van der Waals surface area (Å²) in [6, 6.07) is 2.78. The molecule has 0 aromatic heterocycles. The monoisotopic (exact) mass is 242 g/mol. The molecule has 1 unspecified atom stereocenters. The second-order valence-corrected chi connectivity index (χ2v) is 4.18. The Hall–Kier alpha value is -1.49. The zero-order valence-electron chi connectivity index (χ0n) is 9.91. The molecule has 1 aromatic rings. The number of hydrogen-bond donors (Lipinski definition) is 1. The average molecular weight is 242 g/mol. The summed E-state index contributed by atoms with van der Waals surface area (Å²) in [4.78, 5) is 13.3. The number of halogens is 2. The topological polar surface area (TPSA) is 46.3 Å². The number of carbonyl (C=O) groups is 1. The van der Waals surface area contributed by atoms with Gasteiger partial charge in [-0.1, -0.05) is 6.92 Å². The van der Waals surface area contributed by atoms with Crippen LogP contribution in [0.15, 0.2) is 18.2 Å². The summed E-state index contributed by atoms with van der Waals surface area (Å²) in [5.74, 6) is -1.78. The summed E-state index contributed by atoms with van der Waals surface area (Å²) in [5, 5.41) is 0. The number of nitrogens with two attached hydrogens (primary N) is 1. The highest BCUT2D eigenvalue weighted by Gasteiger charge is 2.15. The van der Waals surface area contributed by atoms with E-state index < -0.39 is 17.5 Å². The molecular weight excluding hydrogens is 226 g/mol. The molecule has 3 nitrogen and oxygen atoms in total. The lowest BCUT2D eigenvalue weighted by Gasteiger charge is -2.20. The lowest BCUT2D eigenvalue weighted by atomic mass is 10.1. The van der Waals surface area contributed by atoms with Gasteiger partial charge in [0.05, 0.1) is 0 Å². The second kappa shape index (κ2) is 5.72. The van der Waals surface area contributed by atoms with E-state index in [-0.39, 0.29) is 11.5 Å². The van der Waals surface area contributed by atoms with Gasteiger partial charge in [-0.2, -0.15) is 0 Å². The van der Waals surface area contributed by atoms with Crippen LogP contribution < -0.4 is 5.73 Å². The molecule has 0 fully saturated rings. The van der Waals surface area contributed by atoms with E-state index >= 15 is 0 Å². The first-order valence-corrected chi connectivity index (χ1v) is 5.35. The van der Waals surface area contributed by atoms with Gasteiger partial charge in [-0.3, -0.25) is 4.79 Å². The van der Waals surface area contributed by atoms with E-state index in [1.807, 2.05) is 6.92 Å². The van der Waals surface area contributed by atoms with E-state index in [9.17, 15) is 13.6 Å². The van der Waals surface area contributed by atoms with E-state index in [1.54, 1.807) is 7.05 Å². The van der Waals surface area contributed by atoms with Gasteiger partial charge < -0.3 is 10.6 Å². The van der Waals surface area contributed by atoms with Gasteiger partial charge in [-0.05, 0) is 24.6 Å². The maximum Gasteiger partial charge on any atom is 0.253 e. The summed E-state index contributed by atoms with van der Waals surface area (Å²) < 4.78 is 25.9. The van der Waals surface area contributed by atoms with Gasteiger partial charge in [0, 0.05) is 25.2 Å². The minimum atomic E-state index is -0.756. The minimum Gasteiger partial charge on any atom is -0.341 e. The first-order valence-electron chi connectivity index (χ1n) is 5.35. The van der Waals surface area contributed by atoms with Crippen LogP contribution in [0.3, 0.4) is 0 Å². The molecule has 1 amide bonds. The van der Waals surface area contributed by atoms with E-state index in [1.165, 1.54) is 4.90 Å². The molecule has 0 bridgehead atoms. The molecule has 0 spiro atoms. The molecule has 0 saturated heterocycles. The summed E-state index contributed by atoms with van der Waals surface area (Å²) in [6.07, 6.45) is 0. The van der Waals surface area contributed by atoms with Crippen LogP contribution in [0.2, 0.25) is 0 Å². The molecule has 1 rings (SSSR count). The lowest BCUT2D eigenvalue weighted by molar-refractivity contribution is 0.0776. The first-order chi connectivity index (χ1) is 7.93. The van der Waals surface area contributed by atoms with Gasteiger partial charge in [-0.15, -0.1) is 0 Å². The van der Waals surface area contributed by atoms with E-state index in [0.717, 1.165) is 18.2 Å². The Balaban J connectivity index is 2.81. The molecule has 1 atom stereocenters. The van der Waals surface area contributed by atoms with Crippen LogP contribution in [-0.4, -0.2) is 30.9 Å². The third kappa shape index (κ3) is 3.78. The van der Waals surface area contributed by atoms with Crippen LogP contribution in [0.25, 0.3) is 0 Å². The molecule has 5 heteroatoms. The highest BCUT2D eigenvalue weighted by Crippen LogP contribution is 2.10. The van der Waals surface area contributed by atoms with Gasteiger partial charge in [0.25, 0.3) is 5.91 Å². The minimum absolute atomic E-state index is 0.00854. The van der Waals surface area contributed by atoms with Gasteiger partial charge in [0.1, 0.15) is 11.6 Å². The summed E-state index contributed by atoms with van der Waals surface area (Å²) >= 11 is 0. The number of amides is 1. The van der Waals surface area contributed by atoms with Crippen molar-refractivity contribution in [3.8, 4) is 0 Å². The van der Waals surface area contributed by atoms with Gasteiger partial charge in [-0.25, -0.2) is 8.78 Å². The molecular formula is C12H16F2N2O. The SMILES string of the molecule is CC(CN)CN(C)C(=O)c1cc(F)cc(F)c1. The predicted octanol–water partition coefficient (Wildman–Crippen LogP) is 1.63. The van der Waals surface area contributed by atoms with Crippen LogP contribution in [-0.2, 0) is 0 Å². The molecule has 0 aliphatic carbocycles. The van der Waals surface area contributed by atoms with Crippen molar-refractivity contribution in [2.24, 2.45) is 11.7 Å². The summed E-state index contributed by atoms with van der Waals surface area (Å²) in [6.45, 7) is 2.80. The van der Waals surface area contributed by atoms with Crippen LogP contribution in [0.4, 0.5) is 8.78 Å². The van der Waals surface area contributed by atoms with Crippen molar-refractivity contribution in [2.45, 2.75) is 6.92 Å². The van der Waals surface area contributed by atoms with Gasteiger partial charge >= 0.3 is 0 Å². The first kappa shape index (κ1) is 13.6. The molecule has 1 aromatic carbocycles. The molecule has 0 radical (unpaired) electrons. The fourth-order valence-corrected chi connectivity index (χ4v) is 1.52. The lowest BCUT2D eigenvalue weighted by Crippen LogP contribution is -2.33. The molecule has 94 valence electrons. The predicted molar refractivity (Wildman–Crippen MR) is 61.5 cm³/mol. The highest BCUT2D eigenvalue weighted by molar-refractivity contribution is 5.94. The maximum atomic E-state index is 12.9. The summed E-state index contributed by atoms with van der Waals surface area (Å²) in [5.41, 5.74) is 5.46. The Labute approximate surface area is 99.2 Å². The van der Waals surface area contributed by atoms with E-state index in [2.05, 4.69) is 0 Å². The van der Waals surface area contributed by atoms with Gasteiger partial charge in [0.2, 0.25) is 0 Å². The number of carbonyl (C=O) groups excluding carboxylic acids is 1. The maximum absolute atomic E-state index is 12.9.